The minimum atomic E-state index is -0.969. The van der Waals surface area contributed by atoms with Crippen molar-refractivity contribution in [2.75, 3.05) is 6.61 Å². The van der Waals surface area contributed by atoms with E-state index in [1.165, 1.54) is 32.9 Å². The van der Waals surface area contributed by atoms with Gasteiger partial charge >= 0.3 is 17.6 Å². The fourth-order valence-electron chi connectivity index (χ4n) is 3.34. The van der Waals surface area contributed by atoms with Crippen LogP contribution in [-0.4, -0.2) is 40.3 Å². The van der Waals surface area contributed by atoms with E-state index in [2.05, 4.69) is 23.7 Å². The van der Waals surface area contributed by atoms with Crippen molar-refractivity contribution < 1.29 is 23.8 Å². The lowest BCUT2D eigenvalue weighted by molar-refractivity contribution is -0.153. The summed E-state index contributed by atoms with van der Waals surface area (Å²) in [6, 6.07) is 0. The summed E-state index contributed by atoms with van der Waals surface area (Å²) < 4.78 is 17.2. The van der Waals surface area contributed by atoms with Gasteiger partial charge in [-0.15, -0.1) is 0 Å². The molecule has 31 heavy (non-hydrogen) atoms. The molecular weight excluding hydrogens is 404 g/mol. The molecule has 170 valence electrons. The molecule has 9 heteroatoms. The minimum absolute atomic E-state index is 0.0353. The Bertz CT molecular complexity index is 938. The molecule has 0 radical (unpaired) electrons. The Morgan fingerprint density at radius 2 is 1.94 bits per heavy atom. The molecule has 9 nitrogen and oxygen atoms in total. The highest BCUT2D eigenvalue weighted by Crippen LogP contribution is 2.30. The lowest BCUT2D eigenvalue weighted by atomic mass is 10.1. The first-order valence-corrected chi connectivity index (χ1v) is 10.6. The molecule has 0 spiro atoms. The summed E-state index contributed by atoms with van der Waals surface area (Å²) in [6.45, 7) is 4.65. The molecule has 2 rings (SSSR count). The van der Waals surface area contributed by atoms with Crippen molar-refractivity contribution in [3.63, 3.8) is 0 Å². The average molecular weight is 434 g/mol. The van der Waals surface area contributed by atoms with Gasteiger partial charge in [-0.1, -0.05) is 44.4 Å². The number of aromatic amines is 1. The van der Waals surface area contributed by atoms with Crippen LogP contribution in [0.5, 0.6) is 0 Å². The molecule has 2 heterocycles. The second-order valence-electron chi connectivity index (χ2n) is 7.51. The lowest BCUT2D eigenvalue weighted by Crippen LogP contribution is -2.37. The zero-order valence-electron chi connectivity index (χ0n) is 18.3. The number of aromatic nitrogens is 2. The van der Waals surface area contributed by atoms with Gasteiger partial charge in [-0.05, 0) is 6.42 Å². The van der Waals surface area contributed by atoms with Crippen molar-refractivity contribution >= 4 is 11.9 Å². The van der Waals surface area contributed by atoms with E-state index < -0.39 is 41.6 Å². The van der Waals surface area contributed by atoms with Crippen molar-refractivity contribution in [2.45, 2.75) is 84.2 Å². The number of rotatable bonds is 9. The SMILES string of the molecule is CCCCCCCC#Cc1cn([C@@H]2O[C@H](COC(C)=O)C[C@H]2OC(C)=O)c(=O)[nH]c1=O. The summed E-state index contributed by atoms with van der Waals surface area (Å²) in [4.78, 5) is 49.4. The first-order valence-electron chi connectivity index (χ1n) is 10.6. The number of hydrogen-bond donors (Lipinski definition) is 1. The Hall–Kier alpha value is -2.86. The van der Waals surface area contributed by atoms with E-state index in [4.69, 9.17) is 14.2 Å². The fourth-order valence-corrected chi connectivity index (χ4v) is 3.34. The van der Waals surface area contributed by atoms with Crippen LogP contribution in [0.1, 0.15) is 77.5 Å². The summed E-state index contributed by atoms with van der Waals surface area (Å²) in [5.41, 5.74) is -1.16. The van der Waals surface area contributed by atoms with Crippen molar-refractivity contribution in [1.29, 1.82) is 0 Å². The smallest absolute Gasteiger partial charge is 0.330 e. The Balaban J connectivity index is 2.18. The molecule has 1 aliphatic heterocycles. The monoisotopic (exact) mass is 434 g/mol. The Labute approximate surface area is 181 Å². The average Bonchev–Trinajstić information content (AvgIpc) is 3.08. The number of nitrogens with zero attached hydrogens (tertiary/aromatic N) is 1. The lowest BCUT2D eigenvalue weighted by Gasteiger charge is -2.20. The van der Waals surface area contributed by atoms with Gasteiger partial charge in [-0.2, -0.15) is 0 Å². The first kappa shape index (κ1) is 24.4. The van der Waals surface area contributed by atoms with Crippen LogP contribution in [0.4, 0.5) is 0 Å². The largest absolute Gasteiger partial charge is 0.463 e. The van der Waals surface area contributed by atoms with E-state index in [-0.39, 0.29) is 18.6 Å². The van der Waals surface area contributed by atoms with Crippen LogP contribution in [0.15, 0.2) is 15.8 Å². The maximum Gasteiger partial charge on any atom is 0.330 e. The highest BCUT2D eigenvalue weighted by Gasteiger charge is 2.40. The Morgan fingerprint density at radius 3 is 2.61 bits per heavy atom. The van der Waals surface area contributed by atoms with Gasteiger partial charge < -0.3 is 14.2 Å². The predicted octanol–water partition coefficient (Wildman–Crippen LogP) is 2.03. The number of H-pyrrole nitrogens is 1. The van der Waals surface area contributed by atoms with E-state index in [1.54, 1.807) is 0 Å². The predicted molar refractivity (Wildman–Crippen MR) is 112 cm³/mol. The van der Waals surface area contributed by atoms with Gasteiger partial charge in [0.2, 0.25) is 0 Å². The third kappa shape index (κ3) is 7.72. The molecule has 1 N–H and O–H groups in total. The summed E-state index contributed by atoms with van der Waals surface area (Å²) in [7, 11) is 0. The summed E-state index contributed by atoms with van der Waals surface area (Å²) >= 11 is 0. The highest BCUT2D eigenvalue weighted by atomic mass is 16.6. The van der Waals surface area contributed by atoms with Gasteiger partial charge in [0.25, 0.3) is 5.56 Å². The normalized spacial score (nSPS) is 20.0. The number of carbonyl (C=O) groups is 2. The molecule has 3 atom stereocenters. The van der Waals surface area contributed by atoms with Crippen molar-refractivity contribution in [2.24, 2.45) is 0 Å². The number of nitrogens with one attached hydrogen (secondary N) is 1. The quantitative estimate of drug-likeness (QED) is 0.359. The summed E-state index contributed by atoms with van der Waals surface area (Å²) in [6.07, 6.45) is 5.47. The molecule has 1 aliphatic rings. The minimum Gasteiger partial charge on any atom is -0.463 e. The molecule has 0 aromatic carbocycles. The van der Waals surface area contributed by atoms with Gasteiger partial charge in [0.15, 0.2) is 6.23 Å². The first-order chi connectivity index (χ1) is 14.8. The van der Waals surface area contributed by atoms with E-state index in [0.29, 0.717) is 6.42 Å². The van der Waals surface area contributed by atoms with E-state index in [9.17, 15) is 19.2 Å². The maximum absolute atomic E-state index is 12.4. The zero-order chi connectivity index (χ0) is 22.8. The van der Waals surface area contributed by atoms with Gasteiger partial charge in [-0.3, -0.25) is 23.9 Å². The topological polar surface area (TPSA) is 117 Å². The number of ether oxygens (including phenoxy) is 3. The van der Waals surface area contributed by atoms with Crippen LogP contribution in [0.25, 0.3) is 0 Å². The molecule has 1 fully saturated rings. The number of esters is 2. The molecule has 0 amide bonds. The summed E-state index contributed by atoms with van der Waals surface area (Å²) in [5, 5.41) is 0. The van der Waals surface area contributed by atoms with Crippen LogP contribution in [-0.2, 0) is 23.8 Å². The molecule has 0 aliphatic carbocycles. The molecule has 0 unspecified atom stereocenters. The maximum atomic E-state index is 12.4. The van der Waals surface area contributed by atoms with Crippen LogP contribution in [0.3, 0.4) is 0 Å². The van der Waals surface area contributed by atoms with Crippen molar-refractivity contribution in [3.05, 3.63) is 32.6 Å². The fraction of sp³-hybridized carbons (Fsp3) is 0.636. The summed E-state index contributed by atoms with van der Waals surface area (Å²) in [5.74, 6) is 4.79. The second kappa shape index (κ2) is 12.1. The van der Waals surface area contributed by atoms with E-state index >= 15 is 0 Å². The van der Waals surface area contributed by atoms with E-state index in [0.717, 1.165) is 23.8 Å². The molecule has 1 saturated heterocycles. The number of hydrogen-bond acceptors (Lipinski definition) is 7. The number of carbonyl (C=O) groups excluding carboxylic acids is 2. The standard InChI is InChI=1S/C22H30N2O7/c1-4-5-6-7-8-9-10-11-17-13-24(22(28)23-20(17)27)21-19(30-16(3)26)12-18(31-21)14-29-15(2)25/h13,18-19,21H,4-9,12,14H2,1-3H3,(H,23,27,28)/t18-,19+,21+/m0/s1. The highest BCUT2D eigenvalue weighted by molar-refractivity contribution is 5.66. The number of unbranched alkanes of at least 4 members (excludes halogenated alkanes) is 5. The van der Waals surface area contributed by atoms with Crippen molar-refractivity contribution in [1.82, 2.24) is 9.55 Å². The van der Waals surface area contributed by atoms with Crippen LogP contribution in [0, 0.1) is 11.8 Å². The molecule has 0 saturated carbocycles. The van der Waals surface area contributed by atoms with Gasteiger partial charge in [0.05, 0.1) is 6.10 Å². The molecular formula is C22H30N2O7. The van der Waals surface area contributed by atoms with Crippen LogP contribution < -0.4 is 11.2 Å². The van der Waals surface area contributed by atoms with E-state index in [1.807, 2.05) is 0 Å². The van der Waals surface area contributed by atoms with Gasteiger partial charge in [0, 0.05) is 32.9 Å². The Morgan fingerprint density at radius 1 is 1.19 bits per heavy atom. The second-order valence-corrected chi connectivity index (χ2v) is 7.51. The third-order valence-corrected chi connectivity index (χ3v) is 4.81. The third-order valence-electron chi connectivity index (χ3n) is 4.81. The molecule has 1 aromatic heterocycles. The molecule has 0 bridgehead atoms. The van der Waals surface area contributed by atoms with Gasteiger partial charge in [-0.25, -0.2) is 4.79 Å². The zero-order valence-corrected chi connectivity index (χ0v) is 18.3. The van der Waals surface area contributed by atoms with Crippen molar-refractivity contribution in [3.8, 4) is 11.8 Å². The Kier molecular flexibility index (Phi) is 9.53. The van der Waals surface area contributed by atoms with Crippen LogP contribution in [0.2, 0.25) is 0 Å². The van der Waals surface area contributed by atoms with Crippen LogP contribution >= 0.6 is 0 Å². The molecule has 1 aromatic rings. The van der Waals surface area contributed by atoms with Gasteiger partial charge in [0.1, 0.15) is 18.3 Å².